The Kier molecular flexibility index (Phi) is 4.39. The third kappa shape index (κ3) is 3.45. The quantitative estimate of drug-likeness (QED) is 0.743. The zero-order valence-electron chi connectivity index (χ0n) is 13.2. The van der Waals surface area contributed by atoms with Crippen LogP contribution in [0.1, 0.15) is 12.1 Å². The normalized spacial score (nSPS) is 17.2. The Labute approximate surface area is 129 Å². The Hall–Kier alpha value is -1.93. The van der Waals surface area contributed by atoms with Crippen molar-refractivity contribution in [1.29, 1.82) is 0 Å². The summed E-state index contributed by atoms with van der Waals surface area (Å²) in [6, 6.07) is 1.49. The Morgan fingerprint density at radius 2 is 2.05 bits per heavy atom. The molecule has 3 rings (SSSR count). The molecule has 2 aromatic rings. The summed E-state index contributed by atoms with van der Waals surface area (Å²) in [5.74, 6) is 1.00. The van der Waals surface area contributed by atoms with Gasteiger partial charge in [0.25, 0.3) is 11.3 Å². The van der Waals surface area contributed by atoms with E-state index in [0.717, 1.165) is 45.7 Å². The Morgan fingerprint density at radius 3 is 2.82 bits per heavy atom. The molecule has 1 saturated heterocycles. The number of hydrogen-bond acceptors (Lipinski definition) is 6. The molecule has 3 heterocycles. The summed E-state index contributed by atoms with van der Waals surface area (Å²) in [6.07, 6.45) is 1.04. The van der Waals surface area contributed by atoms with E-state index in [4.69, 9.17) is 0 Å². The maximum atomic E-state index is 11.8. The molecule has 0 bridgehead atoms. The molecule has 1 aliphatic rings. The van der Waals surface area contributed by atoms with Gasteiger partial charge in [-0.25, -0.2) is 4.98 Å². The van der Waals surface area contributed by atoms with Crippen molar-refractivity contribution in [3.05, 3.63) is 22.1 Å². The molecule has 0 unspecified atom stereocenters. The highest BCUT2D eigenvalue weighted by molar-refractivity contribution is 5.36. The third-order valence-electron chi connectivity index (χ3n) is 4.00. The average Bonchev–Trinajstić information content (AvgIpc) is 2.88. The maximum absolute atomic E-state index is 11.8. The minimum Gasteiger partial charge on any atom is -0.355 e. The summed E-state index contributed by atoms with van der Waals surface area (Å²) < 4.78 is 1.36. The van der Waals surface area contributed by atoms with E-state index in [-0.39, 0.29) is 5.56 Å². The third-order valence-corrected chi connectivity index (χ3v) is 4.00. The van der Waals surface area contributed by atoms with Crippen LogP contribution in [0.25, 0.3) is 5.78 Å². The van der Waals surface area contributed by atoms with Gasteiger partial charge in [0.15, 0.2) is 0 Å². The molecule has 2 N–H and O–H groups in total. The summed E-state index contributed by atoms with van der Waals surface area (Å²) >= 11 is 0. The molecule has 0 amide bonds. The van der Waals surface area contributed by atoms with Gasteiger partial charge in [-0.1, -0.05) is 0 Å². The SMILES string of the molecule is Cc1cc(=O)n2[nH]c(NCCCN3CCN(C)CC3)nc2n1. The second kappa shape index (κ2) is 6.45. The number of nitrogens with zero attached hydrogens (tertiary/aromatic N) is 5. The number of piperazine rings is 1. The first kappa shape index (κ1) is 15.0. The van der Waals surface area contributed by atoms with Gasteiger partial charge < -0.3 is 15.1 Å². The summed E-state index contributed by atoms with van der Waals surface area (Å²) in [5, 5.41) is 6.16. The molecule has 8 heteroatoms. The molecule has 0 aromatic carbocycles. The van der Waals surface area contributed by atoms with Crippen molar-refractivity contribution in [3.63, 3.8) is 0 Å². The van der Waals surface area contributed by atoms with Crippen LogP contribution in [0.15, 0.2) is 10.9 Å². The van der Waals surface area contributed by atoms with E-state index in [1.165, 1.54) is 10.6 Å². The van der Waals surface area contributed by atoms with Crippen molar-refractivity contribution >= 4 is 11.7 Å². The van der Waals surface area contributed by atoms with Gasteiger partial charge in [0, 0.05) is 44.5 Å². The highest BCUT2D eigenvalue weighted by atomic mass is 16.1. The van der Waals surface area contributed by atoms with Crippen LogP contribution in [0.2, 0.25) is 0 Å². The molecular formula is C14H23N7O. The molecule has 1 fully saturated rings. The van der Waals surface area contributed by atoms with Crippen molar-refractivity contribution in [2.24, 2.45) is 0 Å². The van der Waals surface area contributed by atoms with E-state index in [0.29, 0.717) is 17.4 Å². The lowest BCUT2D eigenvalue weighted by molar-refractivity contribution is 0.154. The largest absolute Gasteiger partial charge is 0.355 e. The van der Waals surface area contributed by atoms with E-state index < -0.39 is 0 Å². The average molecular weight is 305 g/mol. The zero-order chi connectivity index (χ0) is 15.5. The minimum absolute atomic E-state index is 0.138. The van der Waals surface area contributed by atoms with Crippen LogP contribution in [0.5, 0.6) is 0 Å². The van der Waals surface area contributed by atoms with Crippen molar-refractivity contribution in [2.75, 3.05) is 51.6 Å². The van der Waals surface area contributed by atoms with E-state index in [9.17, 15) is 4.79 Å². The van der Waals surface area contributed by atoms with Crippen LogP contribution in [0, 0.1) is 6.92 Å². The van der Waals surface area contributed by atoms with Crippen molar-refractivity contribution in [3.8, 4) is 0 Å². The summed E-state index contributed by atoms with van der Waals surface area (Å²) in [5.41, 5.74) is 0.540. The number of anilines is 1. The lowest BCUT2D eigenvalue weighted by atomic mass is 10.3. The van der Waals surface area contributed by atoms with Crippen LogP contribution < -0.4 is 10.9 Å². The van der Waals surface area contributed by atoms with E-state index in [2.05, 4.69) is 37.2 Å². The monoisotopic (exact) mass is 305 g/mol. The number of hydrogen-bond donors (Lipinski definition) is 2. The smallest absolute Gasteiger partial charge is 0.274 e. The predicted molar refractivity (Wildman–Crippen MR) is 85.4 cm³/mol. The van der Waals surface area contributed by atoms with Gasteiger partial charge >= 0.3 is 0 Å². The fraction of sp³-hybridized carbons (Fsp3) is 0.643. The number of aromatic nitrogens is 4. The van der Waals surface area contributed by atoms with Gasteiger partial charge in [-0.2, -0.15) is 9.50 Å². The standard InChI is InChI=1S/C14H23N7O/c1-11-10-12(22)21-14(16-11)17-13(18-21)15-4-3-5-20-8-6-19(2)7-9-20/h10H,3-9H2,1-2H3,(H2,15,16,17,18). The van der Waals surface area contributed by atoms with Crippen molar-refractivity contribution < 1.29 is 0 Å². The van der Waals surface area contributed by atoms with Gasteiger partial charge in [0.05, 0.1) is 0 Å². The van der Waals surface area contributed by atoms with E-state index >= 15 is 0 Å². The molecule has 0 atom stereocenters. The number of aromatic amines is 1. The van der Waals surface area contributed by atoms with E-state index in [1.54, 1.807) is 6.92 Å². The summed E-state index contributed by atoms with van der Waals surface area (Å²) in [7, 11) is 2.16. The van der Waals surface area contributed by atoms with Crippen LogP contribution in [0.3, 0.4) is 0 Å². The molecule has 0 radical (unpaired) electrons. The second-order valence-electron chi connectivity index (χ2n) is 5.87. The van der Waals surface area contributed by atoms with Gasteiger partial charge in [-0.05, 0) is 26.9 Å². The first-order valence-electron chi connectivity index (χ1n) is 7.73. The van der Waals surface area contributed by atoms with Crippen LogP contribution >= 0.6 is 0 Å². The molecule has 8 nitrogen and oxygen atoms in total. The predicted octanol–water partition coefficient (Wildman–Crippen LogP) is -0.225. The molecule has 1 aliphatic heterocycles. The Balaban J connectivity index is 1.50. The number of likely N-dealkylation sites (N-methyl/N-ethyl adjacent to an activating group) is 1. The lowest BCUT2D eigenvalue weighted by Gasteiger charge is -2.32. The molecule has 22 heavy (non-hydrogen) atoms. The lowest BCUT2D eigenvalue weighted by Crippen LogP contribution is -2.44. The van der Waals surface area contributed by atoms with Gasteiger partial charge in [-0.3, -0.25) is 9.89 Å². The molecule has 0 saturated carbocycles. The van der Waals surface area contributed by atoms with Crippen LogP contribution in [-0.4, -0.2) is 75.7 Å². The number of rotatable bonds is 5. The molecule has 0 aliphatic carbocycles. The number of fused-ring (bicyclic) bond motifs is 1. The van der Waals surface area contributed by atoms with Crippen LogP contribution in [-0.2, 0) is 0 Å². The van der Waals surface area contributed by atoms with Crippen molar-refractivity contribution in [2.45, 2.75) is 13.3 Å². The Morgan fingerprint density at radius 1 is 1.27 bits per heavy atom. The van der Waals surface area contributed by atoms with Crippen molar-refractivity contribution in [1.82, 2.24) is 29.4 Å². The minimum atomic E-state index is -0.138. The Bertz CT molecular complexity index is 684. The molecule has 2 aromatic heterocycles. The van der Waals surface area contributed by atoms with Gasteiger partial charge in [-0.15, -0.1) is 0 Å². The number of nitrogens with one attached hydrogen (secondary N) is 2. The highest BCUT2D eigenvalue weighted by Crippen LogP contribution is 2.03. The fourth-order valence-electron chi connectivity index (χ4n) is 2.65. The number of H-pyrrole nitrogens is 1. The summed E-state index contributed by atoms with van der Waals surface area (Å²) in [4.78, 5) is 25.2. The second-order valence-corrected chi connectivity index (χ2v) is 5.87. The topological polar surface area (TPSA) is 81.6 Å². The summed E-state index contributed by atoms with van der Waals surface area (Å²) in [6.45, 7) is 8.26. The highest BCUT2D eigenvalue weighted by Gasteiger charge is 2.12. The fourth-order valence-corrected chi connectivity index (χ4v) is 2.65. The maximum Gasteiger partial charge on any atom is 0.274 e. The molecule has 0 spiro atoms. The molecule has 120 valence electrons. The van der Waals surface area contributed by atoms with Gasteiger partial charge in [0.1, 0.15) is 0 Å². The van der Waals surface area contributed by atoms with Crippen LogP contribution in [0.4, 0.5) is 5.95 Å². The first-order valence-corrected chi connectivity index (χ1v) is 7.73. The zero-order valence-corrected chi connectivity index (χ0v) is 13.2. The van der Waals surface area contributed by atoms with Gasteiger partial charge in [0.2, 0.25) is 5.95 Å². The first-order chi connectivity index (χ1) is 10.6. The molecular weight excluding hydrogens is 282 g/mol. The number of aryl methyl sites for hydroxylation is 1. The van der Waals surface area contributed by atoms with E-state index in [1.807, 2.05) is 0 Å².